The predicted molar refractivity (Wildman–Crippen MR) is 166 cm³/mol. The SMILES string of the molecule is CC1CCC2(C)C3CC=C4C(CCC(OC5OC(COC6OC(CO)C(O)C(O)C6O)C(O)C(O)C5O)C4(C)C)C3(C)C(=O)CC12C. The van der Waals surface area contributed by atoms with Gasteiger partial charge in [-0.15, -0.1) is 0 Å². The van der Waals surface area contributed by atoms with Gasteiger partial charge in [0, 0.05) is 17.3 Å². The molecule has 0 bridgehead atoms. The van der Waals surface area contributed by atoms with E-state index in [-0.39, 0.29) is 22.7 Å². The van der Waals surface area contributed by atoms with Gasteiger partial charge >= 0.3 is 0 Å². The molecule has 7 N–H and O–H groups in total. The van der Waals surface area contributed by atoms with E-state index >= 15 is 0 Å². The number of carbonyl (C=O) groups excluding carboxylic acids is 1. The largest absolute Gasteiger partial charge is 0.394 e. The van der Waals surface area contributed by atoms with E-state index in [1.807, 2.05) is 0 Å². The highest BCUT2D eigenvalue weighted by Gasteiger charge is 2.69. The third kappa shape index (κ3) is 5.23. The lowest BCUT2D eigenvalue weighted by molar-refractivity contribution is -0.340. The molecule has 2 saturated heterocycles. The fraction of sp³-hybridized carbons (Fsp3) is 0.914. The van der Waals surface area contributed by atoms with Gasteiger partial charge in [-0.25, -0.2) is 0 Å². The molecule has 2 aliphatic heterocycles. The zero-order chi connectivity index (χ0) is 34.4. The Kier molecular flexibility index (Phi) is 9.39. The number of rotatable bonds is 6. The van der Waals surface area contributed by atoms with Crippen LogP contribution in [0.15, 0.2) is 11.6 Å². The van der Waals surface area contributed by atoms with Crippen LogP contribution in [0.25, 0.3) is 0 Å². The van der Waals surface area contributed by atoms with Crippen molar-refractivity contribution in [3.8, 4) is 0 Å². The Balaban J connectivity index is 1.17. The van der Waals surface area contributed by atoms with E-state index in [0.29, 0.717) is 24.5 Å². The van der Waals surface area contributed by atoms with Gasteiger partial charge in [0.05, 0.1) is 19.3 Å². The number of fused-ring (bicyclic) bond motifs is 5. The highest BCUT2D eigenvalue weighted by Crippen LogP contribution is 2.73. The van der Waals surface area contributed by atoms with Crippen molar-refractivity contribution in [3.05, 3.63) is 11.6 Å². The van der Waals surface area contributed by atoms with Gasteiger partial charge in [0.25, 0.3) is 0 Å². The summed E-state index contributed by atoms with van der Waals surface area (Å²) in [7, 11) is 0. The average molecular weight is 669 g/mol. The topological polar surface area (TPSA) is 196 Å². The quantitative estimate of drug-likeness (QED) is 0.197. The summed E-state index contributed by atoms with van der Waals surface area (Å²) in [6.45, 7) is 12.4. The number of ketones is 1. The minimum absolute atomic E-state index is 0.00164. The predicted octanol–water partition coefficient (Wildman–Crippen LogP) is 0.800. The fourth-order valence-corrected chi connectivity index (χ4v) is 10.7. The molecule has 5 fully saturated rings. The van der Waals surface area contributed by atoms with Gasteiger partial charge in [0.2, 0.25) is 0 Å². The van der Waals surface area contributed by atoms with E-state index in [1.54, 1.807) is 0 Å². The monoisotopic (exact) mass is 668 g/mol. The van der Waals surface area contributed by atoms with Crippen LogP contribution >= 0.6 is 0 Å². The van der Waals surface area contributed by atoms with Crippen molar-refractivity contribution < 1.29 is 59.5 Å². The van der Waals surface area contributed by atoms with Crippen LogP contribution in [-0.2, 0) is 23.7 Å². The summed E-state index contributed by atoms with van der Waals surface area (Å²) < 4.78 is 23.4. The van der Waals surface area contributed by atoms with Crippen molar-refractivity contribution in [2.75, 3.05) is 13.2 Å². The van der Waals surface area contributed by atoms with Crippen LogP contribution in [-0.4, -0.2) is 122 Å². The standard InChI is InChI=1S/C35H56O12/c1-16-11-12-33(4)21-9-7-17-18(35(21,6)22(37)13-34(16,33)5)8-10-23(32(17,2)3)47-31-29(43)27(41)25(39)20(46-31)15-44-30-28(42)26(40)24(38)19(14-36)45-30/h7,16,18-21,23-31,36,38-43H,8-15H2,1-6H3. The van der Waals surface area contributed by atoms with Crippen LogP contribution in [0.5, 0.6) is 0 Å². The van der Waals surface area contributed by atoms with Gasteiger partial charge in [-0.05, 0) is 60.7 Å². The normalized spacial score (nSPS) is 54.3. The summed E-state index contributed by atoms with van der Waals surface area (Å²) in [6, 6.07) is 0. The Morgan fingerprint density at radius 1 is 0.809 bits per heavy atom. The fourth-order valence-electron chi connectivity index (χ4n) is 10.7. The average Bonchev–Trinajstić information content (AvgIpc) is 3.26. The Bertz CT molecular complexity index is 1220. The van der Waals surface area contributed by atoms with E-state index in [9.17, 15) is 40.5 Å². The molecule has 3 saturated carbocycles. The van der Waals surface area contributed by atoms with E-state index in [2.05, 4.69) is 47.6 Å². The molecule has 268 valence electrons. The Hall–Kier alpha value is -1.03. The first-order valence-electron chi connectivity index (χ1n) is 17.4. The number of hydrogen-bond acceptors (Lipinski definition) is 12. The summed E-state index contributed by atoms with van der Waals surface area (Å²) >= 11 is 0. The smallest absolute Gasteiger partial charge is 0.187 e. The lowest BCUT2D eigenvalue weighted by atomic mass is 9.39. The summed E-state index contributed by atoms with van der Waals surface area (Å²) in [5.41, 5.74) is 0.274. The van der Waals surface area contributed by atoms with Crippen molar-refractivity contribution in [3.63, 3.8) is 0 Å². The molecule has 6 aliphatic rings. The molecule has 12 heteroatoms. The number of aliphatic hydroxyl groups excluding tert-OH is 7. The highest BCUT2D eigenvalue weighted by molar-refractivity contribution is 5.88. The number of allylic oxidation sites excluding steroid dienone is 1. The van der Waals surface area contributed by atoms with Crippen LogP contribution in [0, 0.1) is 39.4 Å². The van der Waals surface area contributed by atoms with Gasteiger partial charge in [-0.3, -0.25) is 4.79 Å². The number of Topliss-reactive ketones (excluding diaryl/α,β-unsaturated/α-hetero) is 1. The first kappa shape index (κ1) is 35.8. The molecule has 47 heavy (non-hydrogen) atoms. The second-order valence-electron chi connectivity index (χ2n) is 16.6. The molecule has 0 aromatic rings. The first-order chi connectivity index (χ1) is 21.9. The molecule has 0 amide bonds. The maximum Gasteiger partial charge on any atom is 0.187 e. The third-order valence-electron chi connectivity index (χ3n) is 14.3. The molecule has 6 rings (SSSR count). The van der Waals surface area contributed by atoms with Crippen LogP contribution in [0.2, 0.25) is 0 Å². The van der Waals surface area contributed by atoms with Gasteiger partial charge in [0.1, 0.15) is 54.6 Å². The lowest BCUT2D eigenvalue weighted by Crippen LogP contribution is -2.64. The van der Waals surface area contributed by atoms with Gasteiger partial charge in [0.15, 0.2) is 12.6 Å². The molecule has 2 heterocycles. The second kappa shape index (κ2) is 12.3. The Morgan fingerprint density at radius 2 is 1.43 bits per heavy atom. The number of ether oxygens (including phenoxy) is 4. The van der Waals surface area contributed by atoms with Crippen LogP contribution in [0.1, 0.15) is 80.1 Å². The van der Waals surface area contributed by atoms with Gasteiger partial charge in [-0.2, -0.15) is 0 Å². The third-order valence-corrected chi connectivity index (χ3v) is 14.3. The maximum atomic E-state index is 14.2. The number of carbonyl (C=O) groups is 1. The molecular weight excluding hydrogens is 612 g/mol. The van der Waals surface area contributed by atoms with E-state index in [0.717, 1.165) is 25.7 Å². The zero-order valence-electron chi connectivity index (χ0n) is 28.5. The van der Waals surface area contributed by atoms with Crippen molar-refractivity contribution in [2.24, 2.45) is 39.4 Å². The van der Waals surface area contributed by atoms with Gasteiger partial charge in [-0.1, -0.05) is 53.2 Å². The van der Waals surface area contributed by atoms with Gasteiger partial charge < -0.3 is 54.7 Å². The Morgan fingerprint density at radius 3 is 2.09 bits per heavy atom. The minimum Gasteiger partial charge on any atom is -0.394 e. The first-order valence-corrected chi connectivity index (χ1v) is 17.4. The van der Waals surface area contributed by atoms with E-state index in [4.69, 9.17) is 18.9 Å². The second-order valence-corrected chi connectivity index (χ2v) is 16.6. The van der Waals surface area contributed by atoms with Crippen molar-refractivity contribution in [1.29, 1.82) is 0 Å². The van der Waals surface area contributed by atoms with Crippen LogP contribution in [0.4, 0.5) is 0 Å². The van der Waals surface area contributed by atoms with Crippen molar-refractivity contribution in [2.45, 2.75) is 148 Å². The molecule has 17 atom stereocenters. The maximum absolute atomic E-state index is 14.2. The summed E-state index contributed by atoms with van der Waals surface area (Å²) in [6.07, 6.45) is -7.81. The molecule has 0 aromatic heterocycles. The molecule has 0 spiro atoms. The number of aliphatic hydroxyl groups is 7. The lowest BCUT2D eigenvalue weighted by Gasteiger charge is -2.64. The molecule has 4 aliphatic carbocycles. The summed E-state index contributed by atoms with van der Waals surface area (Å²) in [4.78, 5) is 14.2. The molecule has 0 radical (unpaired) electrons. The molecular formula is C35H56O12. The Labute approximate surface area is 277 Å². The molecule has 12 nitrogen and oxygen atoms in total. The van der Waals surface area contributed by atoms with E-state index in [1.165, 1.54) is 5.57 Å². The molecule has 0 aromatic carbocycles. The minimum atomic E-state index is -1.65. The highest BCUT2D eigenvalue weighted by atomic mass is 16.7. The van der Waals surface area contributed by atoms with Crippen molar-refractivity contribution in [1.82, 2.24) is 0 Å². The summed E-state index contributed by atoms with van der Waals surface area (Å²) in [5, 5.41) is 72.3. The van der Waals surface area contributed by atoms with E-state index < -0.39 is 91.6 Å². The van der Waals surface area contributed by atoms with Crippen LogP contribution in [0.3, 0.4) is 0 Å². The molecule has 17 unspecified atom stereocenters. The van der Waals surface area contributed by atoms with Crippen molar-refractivity contribution >= 4 is 5.78 Å². The zero-order valence-corrected chi connectivity index (χ0v) is 28.5. The summed E-state index contributed by atoms with van der Waals surface area (Å²) in [5.74, 6) is 1.21. The number of hydrogen-bond donors (Lipinski definition) is 7. The van der Waals surface area contributed by atoms with Crippen LogP contribution < -0.4 is 0 Å².